The van der Waals surface area contributed by atoms with Gasteiger partial charge < -0.3 is 5.11 Å². The highest BCUT2D eigenvalue weighted by Gasteiger charge is 2.29. The van der Waals surface area contributed by atoms with Crippen molar-refractivity contribution >= 4 is 15.8 Å². The molecule has 16 heavy (non-hydrogen) atoms. The van der Waals surface area contributed by atoms with Gasteiger partial charge in [-0.3, -0.25) is 9.69 Å². The number of carbonyl (C=O) groups is 1. The fourth-order valence-corrected chi connectivity index (χ4v) is 2.36. The summed E-state index contributed by atoms with van der Waals surface area (Å²) in [6, 6.07) is 0.409. The van der Waals surface area contributed by atoms with Crippen LogP contribution in [0.4, 0.5) is 0 Å². The van der Waals surface area contributed by atoms with Crippen molar-refractivity contribution in [2.24, 2.45) is 0 Å². The Labute approximate surface area is 96.4 Å². The van der Waals surface area contributed by atoms with E-state index in [1.54, 1.807) is 6.92 Å². The molecule has 6 heteroatoms. The Morgan fingerprint density at radius 2 is 2.00 bits per heavy atom. The molecule has 94 valence electrons. The zero-order valence-electron chi connectivity index (χ0n) is 9.55. The standard InChI is InChI=1S/C10H19NO4S/c1-2-16(14,15)8-7-11(9-3-4-9)6-5-10(12)13/h9H,2-8H2,1H3,(H,12,13). The first-order chi connectivity index (χ1) is 7.44. The second-order valence-corrected chi connectivity index (χ2v) is 6.62. The van der Waals surface area contributed by atoms with Crippen molar-refractivity contribution in [2.45, 2.75) is 32.2 Å². The van der Waals surface area contributed by atoms with Crippen LogP contribution in [0.3, 0.4) is 0 Å². The van der Waals surface area contributed by atoms with Gasteiger partial charge in [0.2, 0.25) is 0 Å². The average molecular weight is 249 g/mol. The summed E-state index contributed by atoms with van der Waals surface area (Å²) in [5, 5.41) is 8.59. The summed E-state index contributed by atoms with van der Waals surface area (Å²) in [6.45, 7) is 2.56. The molecule has 0 spiro atoms. The summed E-state index contributed by atoms with van der Waals surface area (Å²) in [4.78, 5) is 12.4. The smallest absolute Gasteiger partial charge is 0.304 e. The topological polar surface area (TPSA) is 74.7 Å². The van der Waals surface area contributed by atoms with Gasteiger partial charge in [0.1, 0.15) is 0 Å². The fraction of sp³-hybridized carbons (Fsp3) is 0.900. The van der Waals surface area contributed by atoms with E-state index in [4.69, 9.17) is 5.11 Å². The van der Waals surface area contributed by atoms with Crippen molar-refractivity contribution in [3.63, 3.8) is 0 Å². The normalized spacial score (nSPS) is 16.6. The first-order valence-corrected chi connectivity index (χ1v) is 7.43. The molecule has 1 saturated carbocycles. The van der Waals surface area contributed by atoms with Crippen LogP contribution in [0.1, 0.15) is 26.2 Å². The van der Waals surface area contributed by atoms with Crippen molar-refractivity contribution in [3.8, 4) is 0 Å². The Balaban J connectivity index is 2.36. The number of nitrogens with zero attached hydrogens (tertiary/aromatic N) is 1. The van der Waals surface area contributed by atoms with Crippen LogP contribution >= 0.6 is 0 Å². The van der Waals surface area contributed by atoms with E-state index in [2.05, 4.69) is 0 Å². The highest BCUT2D eigenvalue weighted by atomic mass is 32.2. The molecule has 0 heterocycles. The lowest BCUT2D eigenvalue weighted by molar-refractivity contribution is -0.137. The molecule has 1 aliphatic carbocycles. The van der Waals surface area contributed by atoms with Crippen LogP contribution < -0.4 is 0 Å². The van der Waals surface area contributed by atoms with Crippen molar-refractivity contribution < 1.29 is 18.3 Å². The third kappa shape index (κ3) is 4.94. The number of sulfone groups is 1. The largest absolute Gasteiger partial charge is 0.481 e. The molecule has 0 atom stereocenters. The minimum Gasteiger partial charge on any atom is -0.481 e. The van der Waals surface area contributed by atoms with E-state index >= 15 is 0 Å². The quantitative estimate of drug-likeness (QED) is 0.672. The van der Waals surface area contributed by atoms with Crippen LogP contribution in [0, 0.1) is 0 Å². The Bertz CT molecular complexity index is 335. The third-order valence-corrected chi connectivity index (χ3v) is 4.49. The van der Waals surface area contributed by atoms with Crippen LogP contribution in [-0.4, -0.2) is 55.0 Å². The molecule has 0 amide bonds. The highest BCUT2D eigenvalue weighted by Crippen LogP contribution is 2.26. The number of carboxylic acids is 1. The second kappa shape index (κ2) is 5.63. The SMILES string of the molecule is CCS(=O)(=O)CCN(CCC(=O)O)C1CC1. The molecule has 0 aromatic carbocycles. The molecule has 1 aliphatic rings. The van der Waals surface area contributed by atoms with E-state index < -0.39 is 15.8 Å². The highest BCUT2D eigenvalue weighted by molar-refractivity contribution is 7.91. The van der Waals surface area contributed by atoms with E-state index in [1.165, 1.54) is 0 Å². The van der Waals surface area contributed by atoms with Crippen molar-refractivity contribution in [1.82, 2.24) is 4.90 Å². The second-order valence-electron chi connectivity index (χ2n) is 4.15. The molecule has 1 fully saturated rings. The zero-order chi connectivity index (χ0) is 12.2. The van der Waals surface area contributed by atoms with Crippen molar-refractivity contribution in [1.29, 1.82) is 0 Å². The molecule has 0 saturated heterocycles. The summed E-state index contributed by atoms with van der Waals surface area (Å²) < 4.78 is 22.7. The molecule has 0 aromatic rings. The molecule has 0 radical (unpaired) electrons. The monoisotopic (exact) mass is 249 g/mol. The average Bonchev–Trinajstić information content (AvgIpc) is 3.01. The Morgan fingerprint density at radius 3 is 2.44 bits per heavy atom. The van der Waals surface area contributed by atoms with Gasteiger partial charge in [-0.2, -0.15) is 0 Å². The maximum Gasteiger partial charge on any atom is 0.304 e. The predicted molar refractivity (Wildman–Crippen MR) is 61.2 cm³/mol. The van der Waals surface area contributed by atoms with Gasteiger partial charge in [-0.15, -0.1) is 0 Å². The summed E-state index contributed by atoms with van der Waals surface area (Å²) >= 11 is 0. The Morgan fingerprint density at radius 1 is 1.38 bits per heavy atom. The van der Waals surface area contributed by atoms with Gasteiger partial charge in [-0.25, -0.2) is 8.42 Å². The van der Waals surface area contributed by atoms with E-state index in [-0.39, 0.29) is 17.9 Å². The number of aliphatic carboxylic acids is 1. The van der Waals surface area contributed by atoms with E-state index in [1.807, 2.05) is 4.90 Å². The fourth-order valence-electron chi connectivity index (χ4n) is 1.56. The molecule has 0 bridgehead atoms. The zero-order valence-corrected chi connectivity index (χ0v) is 10.4. The number of hydrogen-bond donors (Lipinski definition) is 1. The minimum atomic E-state index is -2.95. The van der Waals surface area contributed by atoms with Gasteiger partial charge in [-0.05, 0) is 12.8 Å². The van der Waals surface area contributed by atoms with Crippen LogP contribution in [0.15, 0.2) is 0 Å². The third-order valence-electron chi connectivity index (χ3n) is 2.81. The van der Waals surface area contributed by atoms with Gasteiger partial charge in [0.05, 0.1) is 12.2 Å². The molecular formula is C10H19NO4S. The van der Waals surface area contributed by atoms with Gasteiger partial charge >= 0.3 is 5.97 Å². The lowest BCUT2D eigenvalue weighted by atomic mass is 10.3. The van der Waals surface area contributed by atoms with Crippen LogP contribution in [0.25, 0.3) is 0 Å². The van der Waals surface area contributed by atoms with E-state index in [0.717, 1.165) is 12.8 Å². The van der Waals surface area contributed by atoms with Gasteiger partial charge in [-0.1, -0.05) is 6.92 Å². The lowest BCUT2D eigenvalue weighted by Gasteiger charge is -2.20. The van der Waals surface area contributed by atoms with Crippen LogP contribution in [-0.2, 0) is 14.6 Å². The molecule has 0 aromatic heterocycles. The van der Waals surface area contributed by atoms with E-state index in [0.29, 0.717) is 19.1 Å². The van der Waals surface area contributed by atoms with Crippen molar-refractivity contribution in [3.05, 3.63) is 0 Å². The Hall–Kier alpha value is -0.620. The summed E-state index contributed by atoms with van der Waals surface area (Å²) in [5.74, 6) is -0.534. The summed E-state index contributed by atoms with van der Waals surface area (Å²) in [7, 11) is -2.95. The number of carboxylic acid groups (broad SMARTS) is 1. The van der Waals surface area contributed by atoms with Crippen molar-refractivity contribution in [2.75, 3.05) is 24.6 Å². The predicted octanol–water partition coefficient (Wildman–Crippen LogP) is 0.360. The number of rotatable bonds is 8. The van der Waals surface area contributed by atoms with Gasteiger partial charge in [0, 0.05) is 24.9 Å². The number of hydrogen-bond acceptors (Lipinski definition) is 4. The lowest BCUT2D eigenvalue weighted by Crippen LogP contribution is -2.33. The molecule has 0 aliphatic heterocycles. The van der Waals surface area contributed by atoms with Gasteiger partial charge in [0.15, 0.2) is 9.84 Å². The maximum absolute atomic E-state index is 11.3. The molecule has 1 rings (SSSR count). The molecule has 1 N–H and O–H groups in total. The molecular weight excluding hydrogens is 230 g/mol. The minimum absolute atomic E-state index is 0.0860. The van der Waals surface area contributed by atoms with Crippen LogP contribution in [0.2, 0.25) is 0 Å². The first-order valence-electron chi connectivity index (χ1n) is 5.61. The molecule has 0 unspecified atom stereocenters. The van der Waals surface area contributed by atoms with Crippen LogP contribution in [0.5, 0.6) is 0 Å². The van der Waals surface area contributed by atoms with Gasteiger partial charge in [0.25, 0.3) is 0 Å². The summed E-state index contributed by atoms with van der Waals surface area (Å²) in [6.07, 6.45) is 2.21. The maximum atomic E-state index is 11.3. The first kappa shape index (κ1) is 13.4. The molecule has 5 nitrogen and oxygen atoms in total. The summed E-state index contributed by atoms with van der Waals surface area (Å²) in [5.41, 5.74) is 0. The van der Waals surface area contributed by atoms with E-state index in [9.17, 15) is 13.2 Å². The Kier molecular flexibility index (Phi) is 4.73.